The number of ether oxygens (including phenoxy) is 1. The normalized spacial score (nSPS) is 12.5. The zero-order chi connectivity index (χ0) is 23.2. The van der Waals surface area contributed by atoms with Crippen LogP contribution in [-0.4, -0.2) is 43.8 Å². The molecule has 4 aromatic rings. The molecule has 0 fully saturated rings. The van der Waals surface area contributed by atoms with Gasteiger partial charge >= 0.3 is 0 Å². The van der Waals surface area contributed by atoms with Gasteiger partial charge in [-0.25, -0.2) is 4.68 Å². The van der Waals surface area contributed by atoms with Crippen LogP contribution >= 0.6 is 0 Å². The summed E-state index contributed by atoms with van der Waals surface area (Å²) in [6.07, 6.45) is 0.796. The first-order chi connectivity index (χ1) is 16.1. The Morgan fingerprint density at radius 3 is 2.70 bits per heavy atom. The van der Waals surface area contributed by atoms with Crippen molar-refractivity contribution in [2.45, 2.75) is 45.9 Å². The molecular weight excluding hydrogens is 416 g/mol. The van der Waals surface area contributed by atoms with E-state index in [-0.39, 0.29) is 11.6 Å². The van der Waals surface area contributed by atoms with Crippen LogP contribution in [0.1, 0.15) is 41.9 Å². The van der Waals surface area contributed by atoms with Gasteiger partial charge in [0.25, 0.3) is 5.56 Å². The summed E-state index contributed by atoms with van der Waals surface area (Å²) in [5, 5.41) is 13.5. The van der Waals surface area contributed by atoms with Gasteiger partial charge < -0.3 is 9.72 Å². The predicted molar refractivity (Wildman–Crippen MR) is 128 cm³/mol. The lowest BCUT2D eigenvalue weighted by Gasteiger charge is -2.30. The van der Waals surface area contributed by atoms with E-state index in [9.17, 15) is 4.79 Å². The van der Waals surface area contributed by atoms with Gasteiger partial charge in [-0.2, -0.15) is 0 Å². The smallest absolute Gasteiger partial charge is 0.252 e. The minimum atomic E-state index is -0.0695. The molecule has 172 valence electrons. The highest BCUT2D eigenvalue weighted by molar-refractivity contribution is 5.79. The summed E-state index contributed by atoms with van der Waals surface area (Å²) in [6, 6.07) is 18.3. The Morgan fingerprint density at radius 1 is 1.12 bits per heavy atom. The van der Waals surface area contributed by atoms with Crippen molar-refractivity contribution < 1.29 is 4.74 Å². The maximum atomic E-state index is 13.0. The molecule has 0 saturated carbocycles. The summed E-state index contributed by atoms with van der Waals surface area (Å²) in [6.45, 7) is 6.38. The first-order valence-electron chi connectivity index (χ1n) is 11.2. The van der Waals surface area contributed by atoms with E-state index in [0.717, 1.165) is 34.3 Å². The molecule has 2 heterocycles. The molecule has 0 aliphatic rings. The lowest BCUT2D eigenvalue weighted by Crippen LogP contribution is -2.32. The van der Waals surface area contributed by atoms with Gasteiger partial charge in [-0.1, -0.05) is 49.4 Å². The molecule has 2 aromatic heterocycles. The number of hydrogen-bond acceptors (Lipinski definition) is 6. The quantitative estimate of drug-likeness (QED) is 0.400. The molecule has 0 aliphatic heterocycles. The van der Waals surface area contributed by atoms with Gasteiger partial charge in [0.15, 0.2) is 5.82 Å². The number of pyridine rings is 1. The van der Waals surface area contributed by atoms with E-state index in [2.05, 4.69) is 50.5 Å². The lowest BCUT2D eigenvalue weighted by molar-refractivity contribution is 0.151. The number of hydrogen-bond donors (Lipinski definition) is 1. The van der Waals surface area contributed by atoms with Crippen LogP contribution in [0.25, 0.3) is 10.9 Å². The third-order valence-corrected chi connectivity index (χ3v) is 5.87. The molecule has 4 rings (SSSR count). The number of fused-ring (bicyclic) bond motifs is 1. The van der Waals surface area contributed by atoms with E-state index in [1.165, 1.54) is 5.56 Å². The summed E-state index contributed by atoms with van der Waals surface area (Å²) in [7, 11) is 1.66. The second-order valence-electron chi connectivity index (χ2n) is 8.28. The number of H-pyrrole nitrogens is 1. The van der Waals surface area contributed by atoms with E-state index in [1.807, 2.05) is 43.3 Å². The Hall–Kier alpha value is -3.36. The van der Waals surface area contributed by atoms with Gasteiger partial charge in [-0.3, -0.25) is 9.69 Å². The molecule has 8 heteroatoms. The Balaban J connectivity index is 1.71. The zero-order valence-corrected chi connectivity index (χ0v) is 19.4. The lowest BCUT2D eigenvalue weighted by atomic mass is 10.1. The zero-order valence-electron chi connectivity index (χ0n) is 19.4. The highest BCUT2D eigenvalue weighted by atomic mass is 16.5. The Kier molecular flexibility index (Phi) is 7.26. The number of nitrogens with zero attached hydrogens (tertiary/aromatic N) is 5. The largest absolute Gasteiger partial charge is 0.383 e. The number of aromatic amines is 1. The standard InChI is InChI=1S/C25H30N6O2/c1-4-23(24-27-28-29-31(24)12-13-33-3)30(16-19-8-6-5-7-9-19)17-21-15-20-11-10-18(2)14-22(20)26-25(21)32/h5-11,14-15,23H,4,12-13,16-17H2,1-3H3,(H,26,32)/t23-/m0/s1. The Labute approximate surface area is 193 Å². The molecule has 0 aliphatic carbocycles. The summed E-state index contributed by atoms with van der Waals surface area (Å²) in [5.74, 6) is 0.776. The molecule has 2 aromatic carbocycles. The number of nitrogens with one attached hydrogen (secondary N) is 1. The summed E-state index contributed by atoms with van der Waals surface area (Å²) in [5.41, 5.74) is 3.79. The fraction of sp³-hybridized carbons (Fsp3) is 0.360. The second kappa shape index (κ2) is 10.5. The minimum absolute atomic E-state index is 0.0647. The molecule has 0 saturated heterocycles. The first-order valence-corrected chi connectivity index (χ1v) is 11.2. The van der Waals surface area contributed by atoms with Crippen molar-refractivity contribution in [3.63, 3.8) is 0 Å². The first kappa shape index (κ1) is 22.8. The van der Waals surface area contributed by atoms with Crippen molar-refractivity contribution in [2.24, 2.45) is 0 Å². The molecule has 8 nitrogen and oxygen atoms in total. The average Bonchev–Trinajstić information content (AvgIpc) is 3.27. The van der Waals surface area contributed by atoms with Crippen LogP contribution in [0, 0.1) is 6.92 Å². The molecule has 0 bridgehead atoms. The number of benzene rings is 2. The van der Waals surface area contributed by atoms with Crippen molar-refractivity contribution in [2.75, 3.05) is 13.7 Å². The molecule has 1 atom stereocenters. The van der Waals surface area contributed by atoms with E-state index in [1.54, 1.807) is 11.8 Å². The molecule has 0 amide bonds. The maximum Gasteiger partial charge on any atom is 0.252 e. The van der Waals surface area contributed by atoms with Crippen molar-refractivity contribution in [3.05, 3.63) is 87.5 Å². The monoisotopic (exact) mass is 446 g/mol. The molecule has 0 spiro atoms. The average molecular weight is 447 g/mol. The van der Waals surface area contributed by atoms with E-state index >= 15 is 0 Å². The number of aryl methyl sites for hydroxylation is 1. The molecular formula is C25H30N6O2. The minimum Gasteiger partial charge on any atom is -0.383 e. The molecule has 0 unspecified atom stereocenters. The van der Waals surface area contributed by atoms with E-state index < -0.39 is 0 Å². The van der Waals surface area contributed by atoms with Crippen molar-refractivity contribution in [1.82, 2.24) is 30.1 Å². The number of aromatic nitrogens is 5. The van der Waals surface area contributed by atoms with Crippen LogP contribution in [0.5, 0.6) is 0 Å². The van der Waals surface area contributed by atoms with Crippen LogP contribution in [-0.2, 0) is 24.4 Å². The van der Waals surface area contributed by atoms with Gasteiger partial charge in [0, 0.05) is 31.3 Å². The number of rotatable bonds is 10. The molecule has 33 heavy (non-hydrogen) atoms. The van der Waals surface area contributed by atoms with Crippen molar-refractivity contribution in [1.29, 1.82) is 0 Å². The van der Waals surface area contributed by atoms with Gasteiger partial charge in [0.05, 0.1) is 19.2 Å². The topological polar surface area (TPSA) is 88.9 Å². The maximum absolute atomic E-state index is 13.0. The highest BCUT2D eigenvalue weighted by Gasteiger charge is 2.26. The van der Waals surface area contributed by atoms with Gasteiger partial charge in [-0.15, -0.1) is 5.10 Å². The van der Waals surface area contributed by atoms with E-state index in [0.29, 0.717) is 26.2 Å². The van der Waals surface area contributed by atoms with Crippen LogP contribution < -0.4 is 5.56 Å². The fourth-order valence-electron chi connectivity index (χ4n) is 4.18. The van der Waals surface area contributed by atoms with Gasteiger partial charge in [0.2, 0.25) is 0 Å². The second-order valence-corrected chi connectivity index (χ2v) is 8.28. The predicted octanol–water partition coefficient (Wildman–Crippen LogP) is 3.62. The van der Waals surface area contributed by atoms with Crippen LogP contribution in [0.3, 0.4) is 0 Å². The third-order valence-electron chi connectivity index (χ3n) is 5.87. The fourth-order valence-corrected chi connectivity index (χ4v) is 4.18. The van der Waals surface area contributed by atoms with Crippen LogP contribution in [0.2, 0.25) is 0 Å². The highest BCUT2D eigenvalue weighted by Crippen LogP contribution is 2.26. The summed E-state index contributed by atoms with van der Waals surface area (Å²) < 4.78 is 7.02. The number of tetrazole rings is 1. The number of methoxy groups -OCH3 is 1. The van der Waals surface area contributed by atoms with Crippen molar-refractivity contribution in [3.8, 4) is 0 Å². The molecule has 0 radical (unpaired) electrons. The van der Waals surface area contributed by atoms with Gasteiger partial charge in [0.1, 0.15) is 0 Å². The van der Waals surface area contributed by atoms with E-state index in [4.69, 9.17) is 4.74 Å². The Bertz CT molecular complexity index is 1250. The summed E-state index contributed by atoms with van der Waals surface area (Å²) in [4.78, 5) is 18.3. The van der Waals surface area contributed by atoms with Crippen LogP contribution in [0.4, 0.5) is 0 Å². The summed E-state index contributed by atoms with van der Waals surface area (Å²) >= 11 is 0. The SMILES string of the molecule is CC[C@@H](c1nnnn1CCOC)N(Cc1ccccc1)Cc1cc2ccc(C)cc2[nH]c1=O. The van der Waals surface area contributed by atoms with Gasteiger partial charge in [-0.05, 0) is 52.4 Å². The Morgan fingerprint density at radius 2 is 1.94 bits per heavy atom. The molecule has 1 N–H and O–H groups in total. The van der Waals surface area contributed by atoms with Crippen LogP contribution in [0.15, 0.2) is 59.4 Å². The van der Waals surface area contributed by atoms with Crippen molar-refractivity contribution >= 4 is 10.9 Å². The third kappa shape index (κ3) is 5.35.